The van der Waals surface area contributed by atoms with Gasteiger partial charge in [0.1, 0.15) is 25.5 Å². The summed E-state index contributed by atoms with van der Waals surface area (Å²) in [5.74, 6) is -1.12. The van der Waals surface area contributed by atoms with Crippen molar-refractivity contribution in [3.05, 3.63) is 29.1 Å². The molecule has 20 heavy (non-hydrogen) atoms. The van der Waals surface area contributed by atoms with E-state index in [1.54, 1.807) is 0 Å². The van der Waals surface area contributed by atoms with Crippen LogP contribution in [-0.4, -0.2) is 37.6 Å². The predicted octanol–water partition coefficient (Wildman–Crippen LogP) is 1.04. The van der Waals surface area contributed by atoms with Gasteiger partial charge in [0, 0.05) is 5.57 Å². The van der Waals surface area contributed by atoms with Gasteiger partial charge in [-0.05, 0) is 12.1 Å². The van der Waals surface area contributed by atoms with Crippen LogP contribution in [0.2, 0.25) is 0 Å². The zero-order valence-electron chi connectivity index (χ0n) is 9.82. The number of aliphatic hydroxyl groups is 1. The van der Waals surface area contributed by atoms with Crippen molar-refractivity contribution in [2.75, 3.05) is 0 Å². The SMILES string of the molecule is [B]c1ccc(F)c2c1OC(C(F)(F)F)C(C1OC1O)=C2. The quantitative estimate of drug-likeness (QED) is 0.476. The molecule has 3 atom stereocenters. The molecular weight excluding hydrogens is 279 g/mol. The summed E-state index contributed by atoms with van der Waals surface area (Å²) in [4.78, 5) is 0. The maximum absolute atomic E-state index is 13.7. The first-order valence-electron chi connectivity index (χ1n) is 5.65. The third kappa shape index (κ3) is 2.08. The molecule has 3 rings (SSSR count). The predicted molar refractivity (Wildman–Crippen MR) is 61.1 cm³/mol. The van der Waals surface area contributed by atoms with Crippen LogP contribution in [0.15, 0.2) is 17.7 Å². The molecule has 2 heterocycles. The van der Waals surface area contributed by atoms with Gasteiger partial charge in [-0.1, -0.05) is 11.5 Å². The van der Waals surface area contributed by atoms with E-state index < -0.39 is 30.5 Å². The average Bonchev–Trinajstić information content (AvgIpc) is 3.09. The summed E-state index contributed by atoms with van der Waals surface area (Å²) in [5.41, 5.74) is -0.645. The van der Waals surface area contributed by atoms with Crippen molar-refractivity contribution in [2.24, 2.45) is 0 Å². The fourth-order valence-corrected chi connectivity index (χ4v) is 2.12. The third-order valence-electron chi connectivity index (χ3n) is 3.12. The number of rotatable bonds is 1. The molecule has 1 saturated heterocycles. The molecule has 2 aliphatic heterocycles. The summed E-state index contributed by atoms with van der Waals surface area (Å²) in [7, 11) is 5.51. The number of alkyl halides is 3. The number of hydrogen-bond donors (Lipinski definition) is 1. The van der Waals surface area contributed by atoms with Crippen molar-refractivity contribution >= 4 is 19.4 Å². The van der Waals surface area contributed by atoms with Gasteiger partial charge in [-0.3, -0.25) is 0 Å². The molecule has 2 radical (unpaired) electrons. The van der Waals surface area contributed by atoms with Gasteiger partial charge in [0.2, 0.25) is 6.10 Å². The molecule has 1 aromatic carbocycles. The van der Waals surface area contributed by atoms with Gasteiger partial charge in [-0.25, -0.2) is 4.39 Å². The van der Waals surface area contributed by atoms with Gasteiger partial charge in [-0.2, -0.15) is 13.2 Å². The van der Waals surface area contributed by atoms with E-state index in [1.165, 1.54) is 0 Å². The minimum Gasteiger partial charge on any atom is -0.476 e. The number of fused-ring (bicyclic) bond motifs is 1. The van der Waals surface area contributed by atoms with Gasteiger partial charge >= 0.3 is 6.18 Å². The Morgan fingerprint density at radius 1 is 1.25 bits per heavy atom. The van der Waals surface area contributed by atoms with E-state index in [2.05, 4.69) is 4.74 Å². The topological polar surface area (TPSA) is 42.0 Å². The number of halogens is 4. The van der Waals surface area contributed by atoms with Crippen molar-refractivity contribution in [2.45, 2.75) is 24.7 Å². The number of ether oxygens (including phenoxy) is 2. The zero-order valence-corrected chi connectivity index (χ0v) is 9.82. The van der Waals surface area contributed by atoms with Gasteiger partial charge in [0.05, 0.1) is 5.56 Å². The Labute approximate surface area is 112 Å². The first kappa shape index (κ1) is 13.4. The largest absolute Gasteiger partial charge is 0.476 e. The van der Waals surface area contributed by atoms with Crippen molar-refractivity contribution in [3.8, 4) is 5.75 Å². The molecule has 0 spiro atoms. The van der Waals surface area contributed by atoms with E-state index in [1.807, 2.05) is 0 Å². The van der Waals surface area contributed by atoms with Gasteiger partial charge in [0.15, 0.2) is 6.29 Å². The molecule has 0 amide bonds. The fourth-order valence-electron chi connectivity index (χ4n) is 2.12. The molecule has 0 aromatic heterocycles. The van der Waals surface area contributed by atoms with Crippen LogP contribution in [0.3, 0.4) is 0 Å². The fraction of sp³-hybridized carbons (Fsp3) is 0.333. The lowest BCUT2D eigenvalue weighted by atomic mass is 9.89. The molecule has 3 nitrogen and oxygen atoms in total. The Hall–Kier alpha value is -1.54. The molecule has 1 fully saturated rings. The Balaban J connectivity index is 2.12. The van der Waals surface area contributed by atoms with Gasteiger partial charge in [-0.15, -0.1) is 0 Å². The van der Waals surface area contributed by atoms with Crippen LogP contribution in [0.1, 0.15) is 5.56 Å². The first-order valence-corrected chi connectivity index (χ1v) is 5.65. The van der Waals surface area contributed by atoms with Crippen molar-refractivity contribution < 1.29 is 32.1 Å². The summed E-state index contributed by atoms with van der Waals surface area (Å²) in [6, 6.07) is 2.16. The highest BCUT2D eigenvalue weighted by molar-refractivity contribution is 6.34. The van der Waals surface area contributed by atoms with Crippen molar-refractivity contribution in [1.29, 1.82) is 0 Å². The van der Waals surface area contributed by atoms with Gasteiger partial charge < -0.3 is 14.6 Å². The molecule has 1 aromatic rings. The highest BCUT2D eigenvalue weighted by atomic mass is 19.4. The van der Waals surface area contributed by atoms with Crippen LogP contribution in [0, 0.1) is 5.82 Å². The third-order valence-corrected chi connectivity index (χ3v) is 3.12. The van der Waals surface area contributed by atoms with E-state index in [-0.39, 0.29) is 22.3 Å². The second kappa shape index (κ2) is 4.23. The lowest BCUT2D eigenvalue weighted by Gasteiger charge is -2.29. The molecule has 0 saturated carbocycles. The molecule has 3 unspecified atom stereocenters. The second-order valence-corrected chi connectivity index (χ2v) is 4.51. The molecule has 8 heteroatoms. The Morgan fingerprint density at radius 3 is 2.45 bits per heavy atom. The van der Waals surface area contributed by atoms with Crippen LogP contribution in [0.4, 0.5) is 17.6 Å². The van der Waals surface area contributed by atoms with Crippen LogP contribution in [0.25, 0.3) is 6.08 Å². The Morgan fingerprint density at radius 2 is 1.90 bits per heavy atom. The summed E-state index contributed by atoms with van der Waals surface area (Å²) in [6.07, 6.45) is -8.55. The van der Waals surface area contributed by atoms with Crippen LogP contribution in [0.5, 0.6) is 5.75 Å². The van der Waals surface area contributed by atoms with Gasteiger partial charge in [0.25, 0.3) is 0 Å². The minimum atomic E-state index is -4.73. The molecule has 0 aliphatic carbocycles. The van der Waals surface area contributed by atoms with E-state index in [0.29, 0.717) is 0 Å². The molecule has 104 valence electrons. The summed E-state index contributed by atoms with van der Waals surface area (Å²) in [5, 5.41) is 9.13. The number of hydrogen-bond acceptors (Lipinski definition) is 3. The highest BCUT2D eigenvalue weighted by Gasteiger charge is 2.54. The van der Waals surface area contributed by atoms with E-state index in [4.69, 9.17) is 17.7 Å². The number of epoxide rings is 1. The van der Waals surface area contributed by atoms with E-state index in [9.17, 15) is 17.6 Å². The zero-order chi connectivity index (χ0) is 14.7. The minimum absolute atomic E-state index is 0.0942. The van der Waals surface area contributed by atoms with Crippen LogP contribution in [-0.2, 0) is 4.74 Å². The second-order valence-electron chi connectivity index (χ2n) is 4.51. The average molecular weight is 286 g/mol. The van der Waals surface area contributed by atoms with E-state index in [0.717, 1.165) is 18.2 Å². The number of aliphatic hydroxyl groups excluding tert-OH is 1. The van der Waals surface area contributed by atoms with Crippen molar-refractivity contribution in [1.82, 2.24) is 0 Å². The molecule has 2 aliphatic rings. The normalized spacial score (nSPS) is 28.4. The van der Waals surface area contributed by atoms with E-state index >= 15 is 0 Å². The Bertz CT molecular complexity index is 599. The summed E-state index contributed by atoms with van der Waals surface area (Å²) < 4.78 is 62.1. The maximum Gasteiger partial charge on any atom is 0.429 e. The summed E-state index contributed by atoms with van der Waals surface area (Å²) >= 11 is 0. The maximum atomic E-state index is 13.7. The smallest absolute Gasteiger partial charge is 0.429 e. The molecule has 1 N–H and O–H groups in total. The van der Waals surface area contributed by atoms with Crippen molar-refractivity contribution in [3.63, 3.8) is 0 Å². The number of benzene rings is 1. The first-order chi connectivity index (χ1) is 9.29. The molecular formula is C12H7BF4O3. The lowest BCUT2D eigenvalue weighted by molar-refractivity contribution is -0.184. The highest BCUT2D eigenvalue weighted by Crippen LogP contribution is 2.42. The monoisotopic (exact) mass is 286 g/mol. The van der Waals surface area contributed by atoms with Crippen LogP contribution < -0.4 is 10.2 Å². The molecule has 0 bridgehead atoms. The lowest BCUT2D eigenvalue weighted by Crippen LogP contribution is -2.41. The van der Waals surface area contributed by atoms with Crippen LogP contribution >= 0.6 is 0 Å². The standard InChI is InChI=1S/C12H7BF4O3/c13-6-1-2-7(14)4-3-5(9-11(18)20-9)10(12(15,16)17)19-8(4)6/h1-3,9-11,18H. The summed E-state index contributed by atoms with van der Waals surface area (Å²) in [6.45, 7) is 0. The Kier molecular flexibility index (Phi) is 2.84.